The summed E-state index contributed by atoms with van der Waals surface area (Å²) in [5.41, 5.74) is 0. The van der Waals surface area contributed by atoms with E-state index >= 15 is 0 Å². The fraction of sp³-hybridized carbons (Fsp3) is 0.500. The van der Waals surface area contributed by atoms with E-state index in [2.05, 4.69) is 0 Å². The average molecular weight is 264 g/mol. The van der Waals surface area contributed by atoms with Crippen molar-refractivity contribution in [3.05, 3.63) is 30.3 Å². The molecule has 1 N–H and O–H groups in total. The van der Waals surface area contributed by atoms with Crippen LogP contribution in [0.4, 0.5) is 0 Å². The minimum Gasteiger partial charge on any atom is -0.486 e. The van der Waals surface area contributed by atoms with Gasteiger partial charge in [0, 0.05) is 0 Å². The molecule has 5 heteroatoms. The molecule has 0 saturated carbocycles. The van der Waals surface area contributed by atoms with Gasteiger partial charge in [0.2, 0.25) is 5.91 Å². The Morgan fingerprint density at radius 1 is 1.37 bits per heavy atom. The SMILES string of the molecule is CN(C)CC(=O)N1C[C@@H](O)[C@H](Oc2ccccc2)C1. The zero-order valence-corrected chi connectivity index (χ0v) is 11.3. The van der Waals surface area contributed by atoms with Crippen molar-refractivity contribution in [3.8, 4) is 5.75 Å². The van der Waals surface area contributed by atoms with Crippen LogP contribution >= 0.6 is 0 Å². The Morgan fingerprint density at radius 2 is 2.05 bits per heavy atom. The van der Waals surface area contributed by atoms with E-state index in [1.54, 1.807) is 4.90 Å². The van der Waals surface area contributed by atoms with Crippen molar-refractivity contribution in [3.63, 3.8) is 0 Å². The van der Waals surface area contributed by atoms with Crippen LogP contribution in [0.2, 0.25) is 0 Å². The lowest BCUT2D eigenvalue weighted by atomic mass is 10.2. The van der Waals surface area contributed by atoms with Crippen LogP contribution in [0.5, 0.6) is 5.75 Å². The Hall–Kier alpha value is -1.59. The molecule has 0 aromatic heterocycles. The summed E-state index contributed by atoms with van der Waals surface area (Å²) in [7, 11) is 3.70. The lowest BCUT2D eigenvalue weighted by Crippen LogP contribution is -2.37. The molecule has 0 bridgehead atoms. The topological polar surface area (TPSA) is 53.0 Å². The third kappa shape index (κ3) is 3.68. The van der Waals surface area contributed by atoms with Gasteiger partial charge in [0.1, 0.15) is 18.0 Å². The van der Waals surface area contributed by atoms with Crippen molar-refractivity contribution in [1.82, 2.24) is 9.80 Å². The molecule has 5 nitrogen and oxygen atoms in total. The van der Waals surface area contributed by atoms with Crippen molar-refractivity contribution in [2.75, 3.05) is 33.7 Å². The quantitative estimate of drug-likeness (QED) is 0.844. The molecule has 1 fully saturated rings. The summed E-state index contributed by atoms with van der Waals surface area (Å²) in [4.78, 5) is 15.4. The summed E-state index contributed by atoms with van der Waals surface area (Å²) in [6, 6.07) is 9.36. The van der Waals surface area contributed by atoms with E-state index in [0.29, 0.717) is 25.4 Å². The smallest absolute Gasteiger partial charge is 0.236 e. The third-order valence-corrected chi connectivity index (χ3v) is 3.07. The maximum Gasteiger partial charge on any atom is 0.236 e. The van der Waals surface area contributed by atoms with Crippen LogP contribution in [0.3, 0.4) is 0 Å². The summed E-state index contributed by atoms with van der Waals surface area (Å²) in [6.07, 6.45) is -0.986. The first-order valence-corrected chi connectivity index (χ1v) is 6.38. The van der Waals surface area contributed by atoms with Gasteiger partial charge in [-0.25, -0.2) is 0 Å². The summed E-state index contributed by atoms with van der Waals surface area (Å²) in [6.45, 7) is 1.12. The number of likely N-dealkylation sites (N-methyl/N-ethyl adjacent to an activating group) is 1. The van der Waals surface area contributed by atoms with Crippen LogP contribution < -0.4 is 4.74 Å². The molecule has 1 amide bonds. The van der Waals surface area contributed by atoms with E-state index in [0.717, 1.165) is 0 Å². The molecule has 19 heavy (non-hydrogen) atoms. The molecule has 1 aliphatic rings. The Kier molecular flexibility index (Phi) is 4.39. The van der Waals surface area contributed by atoms with Gasteiger partial charge in [0.15, 0.2) is 0 Å². The van der Waals surface area contributed by atoms with E-state index < -0.39 is 6.10 Å². The molecule has 2 atom stereocenters. The average Bonchev–Trinajstić information content (AvgIpc) is 2.72. The molecule has 2 rings (SSSR count). The number of aliphatic hydroxyl groups is 1. The first kappa shape index (κ1) is 13.8. The number of benzene rings is 1. The Labute approximate surface area is 113 Å². The standard InChI is InChI=1S/C14H20N2O3/c1-15(2)10-14(18)16-8-12(17)13(9-16)19-11-6-4-3-5-7-11/h3-7,12-13,17H,8-10H2,1-2H3/t12-,13-/m1/s1. The number of carbonyl (C=O) groups excluding carboxylic acids is 1. The largest absolute Gasteiger partial charge is 0.486 e. The van der Waals surface area contributed by atoms with Gasteiger partial charge in [-0.1, -0.05) is 18.2 Å². The fourth-order valence-corrected chi connectivity index (χ4v) is 2.12. The van der Waals surface area contributed by atoms with Crippen molar-refractivity contribution in [2.45, 2.75) is 12.2 Å². The second-order valence-corrected chi connectivity index (χ2v) is 5.07. The summed E-state index contributed by atoms with van der Waals surface area (Å²) in [5.74, 6) is 0.733. The van der Waals surface area contributed by atoms with Gasteiger partial charge in [0.25, 0.3) is 0 Å². The fourth-order valence-electron chi connectivity index (χ4n) is 2.12. The van der Waals surface area contributed by atoms with Gasteiger partial charge >= 0.3 is 0 Å². The summed E-state index contributed by atoms with van der Waals surface area (Å²) < 4.78 is 5.72. The second kappa shape index (κ2) is 6.04. The lowest BCUT2D eigenvalue weighted by molar-refractivity contribution is -0.131. The van der Waals surface area contributed by atoms with Crippen LogP contribution in [0.15, 0.2) is 30.3 Å². The van der Waals surface area contributed by atoms with Crippen LogP contribution in [0, 0.1) is 0 Å². The van der Waals surface area contributed by atoms with Crippen molar-refractivity contribution in [2.24, 2.45) is 0 Å². The second-order valence-electron chi connectivity index (χ2n) is 5.07. The van der Waals surface area contributed by atoms with Gasteiger partial charge in [-0.05, 0) is 26.2 Å². The summed E-state index contributed by atoms with van der Waals surface area (Å²) in [5, 5.41) is 9.97. The molecule has 0 radical (unpaired) electrons. The number of aliphatic hydroxyl groups excluding tert-OH is 1. The summed E-state index contributed by atoms with van der Waals surface area (Å²) >= 11 is 0. The number of rotatable bonds is 4. The predicted octanol–water partition coefficient (Wildman–Crippen LogP) is 0.199. The Morgan fingerprint density at radius 3 is 2.68 bits per heavy atom. The van der Waals surface area contributed by atoms with Crippen molar-refractivity contribution < 1.29 is 14.6 Å². The number of ether oxygens (including phenoxy) is 1. The van der Waals surface area contributed by atoms with Crippen LogP contribution in [0.25, 0.3) is 0 Å². The highest BCUT2D eigenvalue weighted by atomic mass is 16.5. The predicted molar refractivity (Wildman–Crippen MR) is 72.0 cm³/mol. The van der Waals surface area contributed by atoms with Gasteiger partial charge in [-0.15, -0.1) is 0 Å². The Balaban J connectivity index is 1.92. The van der Waals surface area contributed by atoms with Crippen LogP contribution in [-0.4, -0.2) is 66.8 Å². The molecule has 1 aromatic carbocycles. The number of likely N-dealkylation sites (tertiary alicyclic amines) is 1. The number of hydrogen-bond acceptors (Lipinski definition) is 4. The van der Waals surface area contributed by atoms with Gasteiger partial charge in [-0.2, -0.15) is 0 Å². The molecule has 0 aliphatic carbocycles. The molecule has 1 aromatic rings. The maximum absolute atomic E-state index is 11.9. The van der Waals surface area contributed by atoms with E-state index in [1.165, 1.54) is 0 Å². The highest BCUT2D eigenvalue weighted by Crippen LogP contribution is 2.18. The molecule has 104 valence electrons. The van der Waals surface area contributed by atoms with Gasteiger partial charge < -0.3 is 19.6 Å². The lowest BCUT2D eigenvalue weighted by Gasteiger charge is -2.19. The molecule has 0 spiro atoms. The van der Waals surface area contributed by atoms with E-state index in [-0.39, 0.29) is 12.0 Å². The molecule has 1 saturated heterocycles. The van der Waals surface area contributed by atoms with E-state index in [1.807, 2.05) is 49.3 Å². The molecule has 0 unspecified atom stereocenters. The number of amides is 1. The minimum absolute atomic E-state index is 0.0169. The Bertz CT molecular complexity index is 422. The number of hydrogen-bond donors (Lipinski definition) is 1. The third-order valence-electron chi connectivity index (χ3n) is 3.07. The molecular weight excluding hydrogens is 244 g/mol. The zero-order valence-electron chi connectivity index (χ0n) is 11.3. The van der Waals surface area contributed by atoms with Gasteiger partial charge in [0.05, 0.1) is 19.6 Å². The zero-order chi connectivity index (χ0) is 13.8. The van der Waals surface area contributed by atoms with Crippen molar-refractivity contribution in [1.29, 1.82) is 0 Å². The number of β-amino-alcohol motifs (C(OH)–C–C–N with tert-alkyl or cyclic N) is 1. The monoisotopic (exact) mass is 264 g/mol. The van der Waals surface area contributed by atoms with Crippen molar-refractivity contribution >= 4 is 5.91 Å². The van der Waals surface area contributed by atoms with Gasteiger partial charge in [-0.3, -0.25) is 4.79 Å². The maximum atomic E-state index is 11.9. The normalized spacial score (nSPS) is 22.8. The number of para-hydroxylation sites is 1. The first-order chi connectivity index (χ1) is 9.06. The van der Waals surface area contributed by atoms with E-state index in [4.69, 9.17) is 4.74 Å². The highest BCUT2D eigenvalue weighted by molar-refractivity contribution is 5.78. The first-order valence-electron chi connectivity index (χ1n) is 6.38. The molecule has 1 heterocycles. The molecule has 1 aliphatic heterocycles. The van der Waals surface area contributed by atoms with E-state index in [9.17, 15) is 9.90 Å². The minimum atomic E-state index is -0.633. The number of carbonyl (C=O) groups is 1. The number of nitrogens with zero attached hydrogens (tertiary/aromatic N) is 2. The van der Waals surface area contributed by atoms with Crippen LogP contribution in [0.1, 0.15) is 0 Å². The molecular formula is C14H20N2O3. The highest BCUT2D eigenvalue weighted by Gasteiger charge is 2.35. The van der Waals surface area contributed by atoms with Crippen LogP contribution in [-0.2, 0) is 4.79 Å².